The van der Waals surface area contributed by atoms with E-state index in [1.54, 1.807) is 18.2 Å². The molecule has 25 heavy (non-hydrogen) atoms. The van der Waals surface area contributed by atoms with Crippen molar-refractivity contribution < 1.29 is 19.4 Å². The molecule has 5 nitrogen and oxygen atoms in total. The largest absolute Gasteiger partial charge is 0.422 e. The van der Waals surface area contributed by atoms with E-state index < -0.39 is 12.2 Å². The molecule has 0 saturated carbocycles. The number of unbranched alkanes of at least 4 members (excludes halogenated alkanes) is 1. The monoisotopic (exact) mass is 346 g/mol. The fourth-order valence-electron chi connectivity index (χ4n) is 3.52. The molecule has 1 heterocycles. The molecule has 0 aliphatic heterocycles. The maximum Gasteiger partial charge on any atom is 0.339 e. The van der Waals surface area contributed by atoms with Crippen LogP contribution in [-0.2, 0) is 17.6 Å². The van der Waals surface area contributed by atoms with Gasteiger partial charge in [-0.15, -0.1) is 0 Å². The second-order valence-corrected chi connectivity index (χ2v) is 6.71. The van der Waals surface area contributed by atoms with Gasteiger partial charge >= 0.3 is 5.63 Å². The highest BCUT2D eigenvalue weighted by molar-refractivity contribution is 5.85. The predicted molar refractivity (Wildman–Crippen MR) is 95.8 cm³/mol. The van der Waals surface area contributed by atoms with Gasteiger partial charge in [-0.25, -0.2) is 4.79 Å². The van der Waals surface area contributed by atoms with E-state index >= 15 is 0 Å². The molecule has 1 aromatic carbocycles. The first-order chi connectivity index (χ1) is 12.1. The fraction of sp³-hybridized carbons (Fsp3) is 0.550. The van der Waals surface area contributed by atoms with Crippen LogP contribution in [0.4, 0.5) is 0 Å². The van der Waals surface area contributed by atoms with Crippen molar-refractivity contribution >= 4 is 11.0 Å². The summed E-state index contributed by atoms with van der Waals surface area (Å²) in [5.74, 6) is 0. The average Bonchev–Trinajstić information content (AvgIpc) is 2.64. The Hall–Kier alpha value is -1.69. The highest BCUT2D eigenvalue weighted by atomic mass is 16.5. The third-order valence-electron chi connectivity index (χ3n) is 4.89. The van der Waals surface area contributed by atoms with Gasteiger partial charge in [-0.1, -0.05) is 25.5 Å². The second kappa shape index (κ2) is 8.13. The zero-order chi connectivity index (χ0) is 17.8. The summed E-state index contributed by atoms with van der Waals surface area (Å²) in [4.78, 5) is 12.2. The van der Waals surface area contributed by atoms with E-state index in [-0.39, 0.29) is 12.2 Å². The van der Waals surface area contributed by atoms with Gasteiger partial charge in [-0.3, -0.25) is 0 Å². The van der Waals surface area contributed by atoms with E-state index in [4.69, 9.17) is 9.15 Å². The van der Waals surface area contributed by atoms with E-state index in [0.717, 1.165) is 43.1 Å². The summed E-state index contributed by atoms with van der Waals surface area (Å²) < 4.78 is 10.9. The fourth-order valence-corrected chi connectivity index (χ4v) is 3.52. The van der Waals surface area contributed by atoms with Gasteiger partial charge in [0, 0.05) is 17.6 Å². The van der Waals surface area contributed by atoms with Crippen molar-refractivity contribution in [3.63, 3.8) is 0 Å². The maximum absolute atomic E-state index is 12.2. The number of benzene rings is 1. The Balaban J connectivity index is 1.94. The van der Waals surface area contributed by atoms with Crippen molar-refractivity contribution in [2.75, 3.05) is 13.2 Å². The Morgan fingerprint density at radius 1 is 1.20 bits per heavy atom. The van der Waals surface area contributed by atoms with E-state index in [1.807, 2.05) is 0 Å². The lowest BCUT2D eigenvalue weighted by atomic mass is 9.87. The van der Waals surface area contributed by atoms with Crippen LogP contribution < -0.4 is 5.63 Å². The van der Waals surface area contributed by atoms with Crippen LogP contribution >= 0.6 is 0 Å². The number of aliphatic hydroxyl groups is 2. The van der Waals surface area contributed by atoms with Gasteiger partial charge in [-0.2, -0.15) is 0 Å². The van der Waals surface area contributed by atoms with Crippen molar-refractivity contribution in [2.45, 2.75) is 57.7 Å². The highest BCUT2D eigenvalue weighted by Gasteiger charge is 2.25. The zero-order valence-corrected chi connectivity index (χ0v) is 14.7. The van der Waals surface area contributed by atoms with Crippen LogP contribution in [0, 0.1) is 0 Å². The van der Waals surface area contributed by atoms with Crippen LogP contribution in [0.3, 0.4) is 0 Å². The van der Waals surface area contributed by atoms with Crippen LogP contribution in [0.25, 0.3) is 11.0 Å². The molecule has 2 N–H and O–H groups in total. The Kier molecular flexibility index (Phi) is 5.89. The van der Waals surface area contributed by atoms with Gasteiger partial charge in [-0.05, 0) is 49.3 Å². The lowest BCUT2D eigenvalue weighted by Crippen LogP contribution is -2.25. The number of aryl methyl sites for hydroxylation is 1. The molecule has 3 rings (SSSR count). The smallest absolute Gasteiger partial charge is 0.339 e. The quantitative estimate of drug-likeness (QED) is 0.595. The van der Waals surface area contributed by atoms with Crippen LogP contribution in [0.2, 0.25) is 0 Å². The van der Waals surface area contributed by atoms with Crippen LogP contribution in [0.1, 0.15) is 55.4 Å². The number of aliphatic hydroxyl groups excluding tert-OH is 2. The third kappa shape index (κ3) is 3.78. The van der Waals surface area contributed by atoms with Gasteiger partial charge in [0.15, 0.2) is 0 Å². The molecule has 0 saturated heterocycles. The molecule has 2 aromatic rings. The molecular weight excluding hydrogens is 320 g/mol. The van der Waals surface area contributed by atoms with Crippen molar-refractivity contribution in [1.29, 1.82) is 0 Å². The average molecular weight is 346 g/mol. The van der Waals surface area contributed by atoms with Crippen LogP contribution in [0.15, 0.2) is 27.4 Å². The minimum absolute atomic E-state index is 0.0799. The molecule has 136 valence electrons. The summed E-state index contributed by atoms with van der Waals surface area (Å²) in [5, 5.41) is 21.8. The molecule has 0 bridgehead atoms. The van der Waals surface area contributed by atoms with Gasteiger partial charge in [0.05, 0.1) is 6.61 Å². The highest BCUT2D eigenvalue weighted by Crippen LogP contribution is 2.33. The van der Waals surface area contributed by atoms with Gasteiger partial charge < -0.3 is 19.4 Å². The Labute approximate surface area is 147 Å². The predicted octanol–water partition coefficient (Wildman–Crippen LogP) is 2.88. The maximum atomic E-state index is 12.2. The first kappa shape index (κ1) is 18.1. The zero-order valence-electron chi connectivity index (χ0n) is 14.7. The van der Waals surface area contributed by atoms with E-state index in [2.05, 4.69) is 6.92 Å². The van der Waals surface area contributed by atoms with E-state index in [1.165, 1.54) is 0 Å². The molecule has 0 fully saturated rings. The van der Waals surface area contributed by atoms with Gasteiger partial charge in [0.2, 0.25) is 0 Å². The summed E-state index contributed by atoms with van der Waals surface area (Å²) in [6.45, 7) is 2.72. The van der Waals surface area contributed by atoms with Crippen molar-refractivity contribution in [3.8, 4) is 0 Å². The molecule has 0 amide bonds. The summed E-state index contributed by atoms with van der Waals surface area (Å²) in [7, 11) is 0. The first-order valence-electron chi connectivity index (χ1n) is 9.14. The summed E-state index contributed by atoms with van der Waals surface area (Å²) in [5.41, 5.74) is 2.47. The molecule has 0 spiro atoms. The summed E-state index contributed by atoms with van der Waals surface area (Å²) in [6, 6.07) is 5.27. The molecule has 1 aromatic heterocycles. The van der Waals surface area contributed by atoms with Gasteiger partial charge in [0.25, 0.3) is 0 Å². The standard InChI is InChI=1S/C20H26O5/c1-2-3-11-24-12-16(21)19(22)15-9-6-10-17-18(15)13-7-4-5-8-14(13)20(23)25-17/h6,9-10,16,19,21-22H,2-5,7-8,11-12H2,1H3. The minimum atomic E-state index is -1.08. The Morgan fingerprint density at radius 3 is 2.72 bits per heavy atom. The molecule has 5 heteroatoms. The Bertz CT molecular complexity index is 779. The molecule has 0 radical (unpaired) electrons. The first-order valence-corrected chi connectivity index (χ1v) is 9.14. The van der Waals surface area contributed by atoms with E-state index in [9.17, 15) is 15.0 Å². The second-order valence-electron chi connectivity index (χ2n) is 6.71. The number of hydrogen-bond acceptors (Lipinski definition) is 5. The lowest BCUT2D eigenvalue weighted by molar-refractivity contribution is -0.0390. The normalized spacial score (nSPS) is 16.6. The molecular formula is C20H26O5. The number of ether oxygens (including phenoxy) is 1. The van der Waals surface area contributed by atoms with Crippen molar-refractivity contribution in [3.05, 3.63) is 45.3 Å². The molecule has 2 unspecified atom stereocenters. The SMILES string of the molecule is CCCCOCC(O)C(O)c1cccc2oc(=O)c3c(c12)CCCC3. The molecule has 1 aliphatic carbocycles. The van der Waals surface area contributed by atoms with Crippen LogP contribution in [0.5, 0.6) is 0 Å². The number of rotatable bonds is 7. The topological polar surface area (TPSA) is 79.9 Å². The van der Waals surface area contributed by atoms with Crippen LogP contribution in [-0.4, -0.2) is 29.5 Å². The summed E-state index contributed by atoms with van der Waals surface area (Å²) in [6.07, 6.45) is 3.34. The van der Waals surface area contributed by atoms with Crippen molar-refractivity contribution in [2.24, 2.45) is 0 Å². The number of hydrogen-bond donors (Lipinski definition) is 2. The van der Waals surface area contributed by atoms with E-state index in [0.29, 0.717) is 29.7 Å². The third-order valence-corrected chi connectivity index (χ3v) is 4.89. The van der Waals surface area contributed by atoms with Gasteiger partial charge in [0.1, 0.15) is 17.8 Å². The summed E-state index contributed by atoms with van der Waals surface area (Å²) >= 11 is 0. The minimum Gasteiger partial charge on any atom is -0.422 e. The Morgan fingerprint density at radius 2 is 1.96 bits per heavy atom. The molecule has 2 atom stereocenters. The number of fused-ring (bicyclic) bond motifs is 3. The lowest BCUT2D eigenvalue weighted by Gasteiger charge is -2.23. The van der Waals surface area contributed by atoms with Crippen molar-refractivity contribution in [1.82, 2.24) is 0 Å². The molecule has 1 aliphatic rings.